The Hall–Kier alpha value is -3.96. The number of unbranched alkanes of at least 4 members (excludes halogenated alkanes) is 1. The number of benzene rings is 2. The number of non-ortho nitro benzene ring substituents is 1. The van der Waals surface area contributed by atoms with E-state index in [-0.39, 0.29) is 22.5 Å². The highest BCUT2D eigenvalue weighted by Crippen LogP contribution is 2.44. The fourth-order valence-electron chi connectivity index (χ4n) is 4.05. The SMILES string of the molecule is CCCCSc1nnc2c(n1)OC(c1ccc(-c3ccc([N+](=O)[O-])cc3Cl)o1)N(C(C)=O)c1ccccc1-2. The van der Waals surface area contributed by atoms with E-state index in [1.54, 1.807) is 18.2 Å². The molecule has 1 atom stereocenters. The van der Waals surface area contributed by atoms with Crippen molar-refractivity contribution in [1.29, 1.82) is 0 Å². The number of nitro benzene ring substituents is 1. The summed E-state index contributed by atoms with van der Waals surface area (Å²) in [6.45, 7) is 3.55. The van der Waals surface area contributed by atoms with E-state index in [0.29, 0.717) is 39.2 Å². The number of carbonyl (C=O) groups is 1. The number of fused-ring (bicyclic) bond motifs is 3. The maximum atomic E-state index is 13.0. The van der Waals surface area contributed by atoms with Gasteiger partial charge in [0.25, 0.3) is 5.69 Å². The second kappa shape index (κ2) is 10.8. The fourth-order valence-corrected chi connectivity index (χ4v) is 5.18. The third kappa shape index (κ3) is 4.94. The number of hydrogen-bond donors (Lipinski definition) is 0. The summed E-state index contributed by atoms with van der Waals surface area (Å²) in [7, 11) is 0. The number of hydrogen-bond acceptors (Lipinski definition) is 9. The molecule has 1 unspecified atom stereocenters. The van der Waals surface area contributed by atoms with Crippen molar-refractivity contribution in [3.63, 3.8) is 0 Å². The lowest BCUT2D eigenvalue weighted by molar-refractivity contribution is -0.384. The zero-order chi connectivity index (χ0) is 26.8. The first-order chi connectivity index (χ1) is 18.4. The van der Waals surface area contributed by atoms with Crippen LogP contribution in [-0.2, 0) is 4.79 Å². The highest BCUT2D eigenvalue weighted by Gasteiger charge is 2.36. The summed E-state index contributed by atoms with van der Waals surface area (Å²) in [5.41, 5.74) is 1.96. The fraction of sp³-hybridized carbons (Fsp3) is 0.231. The normalized spacial score (nSPS) is 14.3. The van der Waals surface area contributed by atoms with Crippen LogP contribution in [-0.4, -0.2) is 31.8 Å². The summed E-state index contributed by atoms with van der Waals surface area (Å²) < 4.78 is 12.5. The summed E-state index contributed by atoms with van der Waals surface area (Å²) in [6, 6.07) is 14.8. The van der Waals surface area contributed by atoms with Crippen LogP contribution in [0, 0.1) is 10.1 Å². The van der Waals surface area contributed by atoms with Gasteiger partial charge in [0, 0.05) is 35.9 Å². The van der Waals surface area contributed by atoms with E-state index in [9.17, 15) is 14.9 Å². The van der Waals surface area contributed by atoms with Crippen LogP contribution in [0.4, 0.5) is 11.4 Å². The zero-order valence-electron chi connectivity index (χ0n) is 20.5. The minimum absolute atomic E-state index is 0.131. The number of aromatic nitrogens is 3. The molecule has 194 valence electrons. The van der Waals surface area contributed by atoms with Crippen LogP contribution >= 0.6 is 23.4 Å². The highest BCUT2D eigenvalue weighted by molar-refractivity contribution is 7.99. The molecule has 0 bridgehead atoms. The predicted octanol–water partition coefficient (Wildman–Crippen LogP) is 6.70. The molecule has 0 aliphatic carbocycles. The molecule has 1 amide bonds. The monoisotopic (exact) mass is 551 g/mol. The third-order valence-corrected chi connectivity index (χ3v) is 7.12. The summed E-state index contributed by atoms with van der Waals surface area (Å²) in [5.74, 6) is 1.46. The van der Waals surface area contributed by atoms with Gasteiger partial charge in [0.05, 0.1) is 15.6 Å². The Morgan fingerprint density at radius 1 is 1.16 bits per heavy atom. The second-order valence-corrected chi connectivity index (χ2v) is 9.92. The number of para-hydroxylation sites is 1. The van der Waals surface area contributed by atoms with Gasteiger partial charge < -0.3 is 9.15 Å². The molecule has 10 nitrogen and oxygen atoms in total. The Morgan fingerprint density at radius 3 is 2.71 bits per heavy atom. The van der Waals surface area contributed by atoms with Gasteiger partial charge in [-0.3, -0.25) is 19.8 Å². The Kier molecular flexibility index (Phi) is 7.30. The molecule has 2 aromatic heterocycles. The number of halogens is 1. The molecular formula is C26H22ClN5O5S. The molecule has 0 saturated heterocycles. The van der Waals surface area contributed by atoms with Crippen LogP contribution < -0.4 is 9.64 Å². The summed E-state index contributed by atoms with van der Waals surface area (Å²) in [4.78, 5) is 29.7. The van der Waals surface area contributed by atoms with Crippen molar-refractivity contribution >= 4 is 40.6 Å². The summed E-state index contributed by atoms with van der Waals surface area (Å²) >= 11 is 7.81. The van der Waals surface area contributed by atoms with Gasteiger partial charge in [-0.05, 0) is 30.7 Å². The van der Waals surface area contributed by atoms with Crippen LogP contribution in [0.2, 0.25) is 5.02 Å². The van der Waals surface area contributed by atoms with Crippen molar-refractivity contribution in [3.8, 4) is 28.5 Å². The number of nitro groups is 1. The van der Waals surface area contributed by atoms with Crippen molar-refractivity contribution < 1.29 is 18.9 Å². The molecule has 1 aliphatic heterocycles. The molecule has 1 aliphatic rings. The molecule has 12 heteroatoms. The number of furan rings is 1. The Balaban J connectivity index is 1.59. The molecule has 0 spiro atoms. The van der Waals surface area contributed by atoms with Crippen molar-refractivity contribution in [1.82, 2.24) is 15.2 Å². The molecule has 5 rings (SSSR count). The minimum atomic E-state index is -1.01. The van der Waals surface area contributed by atoms with E-state index < -0.39 is 11.2 Å². The van der Waals surface area contributed by atoms with Gasteiger partial charge >= 0.3 is 0 Å². The predicted molar refractivity (Wildman–Crippen MR) is 143 cm³/mol. The van der Waals surface area contributed by atoms with Crippen LogP contribution in [0.25, 0.3) is 22.6 Å². The number of rotatable bonds is 7. The molecule has 0 N–H and O–H groups in total. The van der Waals surface area contributed by atoms with E-state index in [1.807, 2.05) is 18.2 Å². The topological polar surface area (TPSA) is 124 Å². The minimum Gasteiger partial charge on any atom is -0.455 e. The molecule has 0 fully saturated rings. The quantitative estimate of drug-likeness (QED) is 0.107. The lowest BCUT2D eigenvalue weighted by Gasteiger charge is -2.28. The third-order valence-electron chi connectivity index (χ3n) is 5.88. The van der Waals surface area contributed by atoms with Crippen LogP contribution in [0.15, 0.2) is 64.2 Å². The molecule has 4 aromatic rings. The number of ether oxygens (including phenoxy) is 1. The maximum absolute atomic E-state index is 13.0. The second-order valence-electron chi connectivity index (χ2n) is 8.45. The van der Waals surface area contributed by atoms with Crippen molar-refractivity contribution in [2.24, 2.45) is 0 Å². The van der Waals surface area contributed by atoms with Crippen molar-refractivity contribution in [2.45, 2.75) is 38.1 Å². The van der Waals surface area contributed by atoms with Gasteiger partial charge in [-0.2, -0.15) is 4.98 Å². The number of thioether (sulfide) groups is 1. The summed E-state index contributed by atoms with van der Waals surface area (Å²) in [5, 5.41) is 20.4. The standard InChI is InChI=1S/C26H22ClN5O5S/c1-3-4-13-38-26-28-24-23(29-30-26)18-7-5-6-8-20(18)31(15(2)33)25(37-24)22-12-11-21(36-22)17-10-9-16(32(34)35)14-19(17)27/h5-12,14,25H,3-4,13H2,1-2H3. The molecule has 3 heterocycles. The van der Waals surface area contributed by atoms with E-state index in [0.717, 1.165) is 18.6 Å². The van der Waals surface area contributed by atoms with E-state index in [1.165, 1.54) is 41.8 Å². The average molecular weight is 552 g/mol. The average Bonchev–Trinajstić information content (AvgIpc) is 3.33. The van der Waals surface area contributed by atoms with Gasteiger partial charge in [-0.1, -0.05) is 54.9 Å². The van der Waals surface area contributed by atoms with Gasteiger partial charge in [0.2, 0.25) is 23.2 Å². The number of anilines is 1. The van der Waals surface area contributed by atoms with Gasteiger partial charge in [0.15, 0.2) is 11.5 Å². The van der Waals surface area contributed by atoms with E-state index in [2.05, 4.69) is 22.1 Å². The Morgan fingerprint density at radius 2 is 1.97 bits per heavy atom. The highest BCUT2D eigenvalue weighted by atomic mass is 35.5. The first-order valence-electron chi connectivity index (χ1n) is 11.8. The molecule has 0 saturated carbocycles. The van der Waals surface area contributed by atoms with E-state index in [4.69, 9.17) is 20.8 Å². The van der Waals surface area contributed by atoms with Gasteiger partial charge in [-0.15, -0.1) is 10.2 Å². The first kappa shape index (κ1) is 25.7. The van der Waals surface area contributed by atoms with Crippen LogP contribution in [0.5, 0.6) is 5.88 Å². The number of carbonyl (C=O) groups excluding carboxylic acids is 1. The lowest BCUT2D eigenvalue weighted by Crippen LogP contribution is -2.35. The van der Waals surface area contributed by atoms with Gasteiger partial charge in [0.1, 0.15) is 5.76 Å². The summed E-state index contributed by atoms with van der Waals surface area (Å²) in [6.07, 6.45) is 1.05. The molecular weight excluding hydrogens is 530 g/mol. The number of amides is 1. The first-order valence-corrected chi connectivity index (χ1v) is 13.2. The van der Waals surface area contributed by atoms with Crippen LogP contribution in [0.3, 0.4) is 0 Å². The van der Waals surface area contributed by atoms with E-state index >= 15 is 0 Å². The molecule has 2 aromatic carbocycles. The van der Waals surface area contributed by atoms with Crippen molar-refractivity contribution in [3.05, 3.63) is 75.5 Å². The molecule has 38 heavy (non-hydrogen) atoms. The number of nitrogens with zero attached hydrogens (tertiary/aromatic N) is 5. The van der Waals surface area contributed by atoms with Gasteiger partial charge in [-0.25, -0.2) is 0 Å². The Labute approximate surface area is 227 Å². The van der Waals surface area contributed by atoms with Crippen molar-refractivity contribution in [2.75, 3.05) is 10.7 Å². The smallest absolute Gasteiger partial charge is 0.270 e. The molecule has 0 radical (unpaired) electrons. The zero-order valence-corrected chi connectivity index (χ0v) is 22.0. The van der Waals surface area contributed by atoms with Crippen LogP contribution in [0.1, 0.15) is 38.7 Å². The largest absolute Gasteiger partial charge is 0.455 e. The Bertz CT molecular complexity index is 1530. The lowest BCUT2D eigenvalue weighted by atomic mass is 10.1. The maximum Gasteiger partial charge on any atom is 0.270 e.